The molecular formula is C22H25ClFN9. The predicted molar refractivity (Wildman–Crippen MR) is 126 cm³/mol. The van der Waals surface area contributed by atoms with Gasteiger partial charge in [-0.3, -0.25) is 9.78 Å². The molecular weight excluding hydrogens is 445 g/mol. The first-order valence-corrected chi connectivity index (χ1v) is 10.9. The van der Waals surface area contributed by atoms with E-state index in [1.807, 2.05) is 0 Å². The molecule has 2 aliphatic heterocycles. The van der Waals surface area contributed by atoms with E-state index in [4.69, 9.17) is 0 Å². The van der Waals surface area contributed by atoms with Gasteiger partial charge < -0.3 is 10.2 Å². The van der Waals surface area contributed by atoms with Crippen molar-refractivity contribution in [3.63, 3.8) is 0 Å². The number of hydrogen-bond donors (Lipinski definition) is 2. The number of nitrogens with one attached hydrogen (secondary N) is 2. The van der Waals surface area contributed by atoms with Crippen molar-refractivity contribution in [1.29, 1.82) is 0 Å². The number of H-pyrrole nitrogens is 1. The summed E-state index contributed by atoms with van der Waals surface area (Å²) in [5.41, 5.74) is 2.33. The van der Waals surface area contributed by atoms with Gasteiger partial charge in [0, 0.05) is 53.4 Å². The normalized spacial score (nSPS) is 22.5. The van der Waals surface area contributed by atoms with Crippen LogP contribution in [0.3, 0.4) is 0 Å². The first kappa shape index (κ1) is 21.7. The van der Waals surface area contributed by atoms with Gasteiger partial charge in [-0.2, -0.15) is 10.2 Å². The largest absolute Gasteiger partial charge is 0.364 e. The Kier molecular flexibility index (Phi) is 5.49. The van der Waals surface area contributed by atoms with Crippen molar-refractivity contribution in [2.24, 2.45) is 7.05 Å². The number of fused-ring (bicyclic) bond motifs is 3. The number of anilines is 1. The van der Waals surface area contributed by atoms with Crippen molar-refractivity contribution in [2.75, 3.05) is 12.4 Å². The van der Waals surface area contributed by atoms with Crippen molar-refractivity contribution >= 4 is 29.1 Å². The minimum absolute atomic E-state index is 0. The van der Waals surface area contributed by atoms with E-state index in [1.54, 1.807) is 36.5 Å². The molecule has 0 spiro atoms. The molecule has 1 aromatic carbocycles. The molecule has 0 aliphatic carbocycles. The maximum absolute atomic E-state index is 15.2. The van der Waals surface area contributed by atoms with E-state index >= 15 is 4.39 Å². The molecule has 9 nitrogen and oxygen atoms in total. The SMILES string of the molecule is CN1C2CCC1CC(Nc1cnc(-c3cc(F)c(-c4cnn(C)c4)c4cn[nH]c34)nn1)C2.Cl. The van der Waals surface area contributed by atoms with E-state index in [2.05, 4.69) is 47.7 Å². The maximum atomic E-state index is 15.2. The highest BCUT2D eigenvalue weighted by atomic mass is 35.5. The van der Waals surface area contributed by atoms with Crippen LogP contribution in [-0.2, 0) is 7.05 Å². The van der Waals surface area contributed by atoms with Crippen LogP contribution in [0.15, 0.2) is 30.9 Å². The Labute approximate surface area is 196 Å². The maximum Gasteiger partial charge on any atom is 0.184 e. The number of nitrogens with zero attached hydrogens (tertiary/aromatic N) is 7. The zero-order valence-electron chi connectivity index (χ0n) is 18.4. The molecule has 11 heteroatoms. The van der Waals surface area contributed by atoms with Gasteiger partial charge in [-0.15, -0.1) is 22.6 Å². The molecule has 0 radical (unpaired) electrons. The van der Waals surface area contributed by atoms with Crippen LogP contribution in [0.25, 0.3) is 33.4 Å². The molecule has 2 fully saturated rings. The van der Waals surface area contributed by atoms with Crippen molar-refractivity contribution < 1.29 is 4.39 Å². The third-order valence-corrected chi connectivity index (χ3v) is 6.93. The number of hydrogen-bond acceptors (Lipinski definition) is 7. The van der Waals surface area contributed by atoms with Gasteiger partial charge in [-0.25, -0.2) is 9.37 Å². The van der Waals surface area contributed by atoms with Crippen molar-refractivity contribution in [1.82, 2.24) is 40.1 Å². The smallest absolute Gasteiger partial charge is 0.184 e. The van der Waals surface area contributed by atoms with Crippen LogP contribution in [0.5, 0.6) is 0 Å². The molecule has 2 atom stereocenters. The monoisotopic (exact) mass is 469 g/mol. The molecule has 172 valence electrons. The Hall–Kier alpha value is -3.11. The number of aromatic amines is 1. The topological polar surface area (TPSA) is 100 Å². The van der Waals surface area contributed by atoms with E-state index in [1.165, 1.54) is 18.9 Å². The third-order valence-electron chi connectivity index (χ3n) is 6.93. The van der Waals surface area contributed by atoms with Gasteiger partial charge in [0.25, 0.3) is 0 Å². The Morgan fingerprint density at radius 3 is 2.55 bits per heavy atom. The van der Waals surface area contributed by atoms with Crippen LogP contribution < -0.4 is 5.32 Å². The standard InChI is InChI=1S/C22H24FN9.ClH/c1-31-11-12(8-26-31)20-17-9-25-29-21(17)16(7-18(20)23)22-24-10-19(28-30-22)27-13-5-14-3-4-15(6-13)32(14)2;/h7-11,13-15H,3-6H2,1-2H3,(H,25,29)(H,27,28);1H. The fourth-order valence-corrected chi connectivity index (χ4v) is 5.30. The van der Waals surface area contributed by atoms with Crippen LogP contribution in [0, 0.1) is 5.82 Å². The number of aryl methyl sites for hydroxylation is 1. The molecule has 0 amide bonds. The van der Waals surface area contributed by atoms with Gasteiger partial charge in [-0.1, -0.05) is 0 Å². The molecule has 3 aromatic heterocycles. The fraction of sp³-hybridized carbons (Fsp3) is 0.409. The lowest BCUT2D eigenvalue weighted by Crippen LogP contribution is -2.44. The summed E-state index contributed by atoms with van der Waals surface area (Å²) in [5, 5.41) is 24.0. The quantitative estimate of drug-likeness (QED) is 0.472. The van der Waals surface area contributed by atoms with Gasteiger partial charge >= 0.3 is 0 Å². The molecule has 33 heavy (non-hydrogen) atoms. The van der Waals surface area contributed by atoms with Crippen LogP contribution >= 0.6 is 12.4 Å². The van der Waals surface area contributed by atoms with Crippen molar-refractivity contribution in [2.45, 2.75) is 43.8 Å². The van der Waals surface area contributed by atoms with Crippen molar-refractivity contribution in [3.8, 4) is 22.5 Å². The summed E-state index contributed by atoms with van der Waals surface area (Å²) in [4.78, 5) is 6.99. The summed E-state index contributed by atoms with van der Waals surface area (Å²) in [6, 6.07) is 3.09. The number of benzene rings is 1. The molecule has 2 N–H and O–H groups in total. The third kappa shape index (κ3) is 3.72. The minimum atomic E-state index is -0.380. The molecule has 6 rings (SSSR count). The highest BCUT2D eigenvalue weighted by molar-refractivity contribution is 6.01. The Morgan fingerprint density at radius 2 is 1.88 bits per heavy atom. The summed E-state index contributed by atoms with van der Waals surface area (Å²) in [5.74, 6) is 0.621. The number of rotatable bonds is 4. The predicted octanol–water partition coefficient (Wildman–Crippen LogP) is 3.41. The average Bonchev–Trinajstić information content (AvgIpc) is 3.47. The molecule has 5 heterocycles. The van der Waals surface area contributed by atoms with Gasteiger partial charge in [0.2, 0.25) is 0 Å². The molecule has 2 saturated heterocycles. The van der Waals surface area contributed by atoms with Gasteiger partial charge in [0.15, 0.2) is 11.6 Å². The first-order chi connectivity index (χ1) is 15.6. The van der Waals surface area contributed by atoms with Crippen molar-refractivity contribution in [3.05, 3.63) is 36.7 Å². The zero-order chi connectivity index (χ0) is 21.8. The second-order valence-electron chi connectivity index (χ2n) is 8.87. The van der Waals surface area contributed by atoms with E-state index < -0.39 is 0 Å². The molecule has 2 aliphatic rings. The van der Waals surface area contributed by atoms with Gasteiger partial charge in [0.1, 0.15) is 5.82 Å². The Balaban J connectivity index is 0.00000228. The summed E-state index contributed by atoms with van der Waals surface area (Å²) < 4.78 is 16.8. The lowest BCUT2D eigenvalue weighted by atomic mass is 9.98. The van der Waals surface area contributed by atoms with Gasteiger partial charge in [0.05, 0.1) is 24.1 Å². The summed E-state index contributed by atoms with van der Waals surface area (Å²) in [7, 11) is 4.03. The van der Waals surface area contributed by atoms with E-state index in [9.17, 15) is 0 Å². The Morgan fingerprint density at radius 1 is 1.09 bits per heavy atom. The zero-order valence-corrected chi connectivity index (χ0v) is 19.2. The number of piperidine rings is 1. The first-order valence-electron chi connectivity index (χ1n) is 10.9. The van der Waals surface area contributed by atoms with E-state index in [0.717, 1.165) is 12.8 Å². The number of aromatic nitrogens is 7. The highest BCUT2D eigenvalue weighted by Gasteiger charge is 2.38. The lowest BCUT2D eigenvalue weighted by molar-refractivity contribution is 0.168. The van der Waals surface area contributed by atoms with Crippen LogP contribution in [0.4, 0.5) is 10.2 Å². The molecule has 4 aromatic rings. The summed E-state index contributed by atoms with van der Waals surface area (Å²) in [6.45, 7) is 0. The van der Waals surface area contributed by atoms with Crippen LogP contribution in [0.1, 0.15) is 25.7 Å². The minimum Gasteiger partial charge on any atom is -0.364 e. The summed E-state index contributed by atoms with van der Waals surface area (Å²) >= 11 is 0. The molecule has 2 unspecified atom stereocenters. The average molecular weight is 470 g/mol. The highest BCUT2D eigenvalue weighted by Crippen LogP contribution is 2.36. The molecule has 2 bridgehead atoms. The summed E-state index contributed by atoms with van der Waals surface area (Å²) in [6.07, 6.45) is 11.4. The van der Waals surface area contributed by atoms with Crippen LogP contribution in [-0.4, -0.2) is 65.2 Å². The van der Waals surface area contributed by atoms with Crippen LogP contribution in [0.2, 0.25) is 0 Å². The molecule has 0 saturated carbocycles. The fourth-order valence-electron chi connectivity index (χ4n) is 5.30. The van der Waals surface area contributed by atoms with E-state index in [0.29, 0.717) is 57.4 Å². The van der Waals surface area contributed by atoms with E-state index in [-0.39, 0.29) is 18.2 Å². The second kappa shape index (κ2) is 8.35. The van der Waals surface area contributed by atoms with Gasteiger partial charge in [-0.05, 0) is 38.8 Å². The number of halogens is 2. The second-order valence-corrected chi connectivity index (χ2v) is 8.87. The Bertz CT molecular complexity index is 1270. The lowest BCUT2D eigenvalue weighted by Gasteiger charge is -2.36.